The van der Waals surface area contributed by atoms with E-state index in [1.165, 1.54) is 24.3 Å². The number of hydrogen-bond donors (Lipinski definition) is 3. The number of nitro benzene ring substituents is 1. The molecule has 0 fully saturated rings. The SMILES string of the molecule is Cc1cccc(C(=O)NC(=S)NNC(=O)c2ccccc2[N+](=O)[O-])c1. The Bertz CT molecular complexity index is 854. The third kappa shape index (κ3) is 4.82. The number of hydrogen-bond acceptors (Lipinski definition) is 5. The summed E-state index contributed by atoms with van der Waals surface area (Å²) >= 11 is 4.92. The van der Waals surface area contributed by atoms with Gasteiger partial charge >= 0.3 is 0 Å². The molecular weight excluding hydrogens is 344 g/mol. The van der Waals surface area contributed by atoms with Crippen molar-refractivity contribution in [2.24, 2.45) is 0 Å². The highest BCUT2D eigenvalue weighted by Crippen LogP contribution is 2.16. The van der Waals surface area contributed by atoms with E-state index in [1.807, 2.05) is 13.0 Å². The number of hydrazine groups is 1. The first-order valence-electron chi connectivity index (χ1n) is 7.10. The first-order chi connectivity index (χ1) is 11.9. The van der Waals surface area contributed by atoms with Crippen LogP contribution in [0.4, 0.5) is 5.69 Å². The number of nitrogens with zero attached hydrogens (tertiary/aromatic N) is 1. The van der Waals surface area contributed by atoms with Crippen molar-refractivity contribution in [1.29, 1.82) is 0 Å². The van der Waals surface area contributed by atoms with Crippen LogP contribution in [0.2, 0.25) is 0 Å². The van der Waals surface area contributed by atoms with E-state index in [9.17, 15) is 19.7 Å². The zero-order valence-corrected chi connectivity index (χ0v) is 13.9. The van der Waals surface area contributed by atoms with Crippen LogP contribution in [0.3, 0.4) is 0 Å². The van der Waals surface area contributed by atoms with Crippen molar-refractivity contribution in [1.82, 2.24) is 16.2 Å². The van der Waals surface area contributed by atoms with E-state index in [1.54, 1.807) is 18.2 Å². The van der Waals surface area contributed by atoms with Crippen LogP contribution in [-0.2, 0) is 0 Å². The lowest BCUT2D eigenvalue weighted by atomic mass is 10.1. The fraction of sp³-hybridized carbons (Fsp3) is 0.0625. The second kappa shape index (κ2) is 7.97. The number of thiocarbonyl (C=S) groups is 1. The Morgan fingerprint density at radius 2 is 1.76 bits per heavy atom. The van der Waals surface area contributed by atoms with Crippen molar-refractivity contribution in [2.75, 3.05) is 0 Å². The molecule has 2 amide bonds. The summed E-state index contributed by atoms with van der Waals surface area (Å²) in [5.74, 6) is -1.19. The van der Waals surface area contributed by atoms with Crippen LogP contribution in [0.25, 0.3) is 0 Å². The first kappa shape index (κ1) is 18.0. The number of rotatable bonds is 3. The molecule has 2 rings (SSSR count). The lowest BCUT2D eigenvalue weighted by molar-refractivity contribution is -0.385. The largest absolute Gasteiger partial charge is 0.298 e. The summed E-state index contributed by atoms with van der Waals surface area (Å²) in [6.45, 7) is 1.85. The van der Waals surface area contributed by atoms with E-state index >= 15 is 0 Å². The molecule has 2 aromatic rings. The Morgan fingerprint density at radius 1 is 1.04 bits per heavy atom. The third-order valence-electron chi connectivity index (χ3n) is 3.14. The molecule has 0 spiro atoms. The van der Waals surface area contributed by atoms with E-state index < -0.39 is 16.7 Å². The minimum Gasteiger partial charge on any atom is -0.298 e. The van der Waals surface area contributed by atoms with E-state index in [0.29, 0.717) is 5.56 Å². The van der Waals surface area contributed by atoms with Gasteiger partial charge in [0.25, 0.3) is 17.5 Å². The van der Waals surface area contributed by atoms with Crippen molar-refractivity contribution in [3.63, 3.8) is 0 Å². The molecule has 128 valence electrons. The second-order valence-corrected chi connectivity index (χ2v) is 5.41. The fourth-order valence-corrected chi connectivity index (χ4v) is 2.14. The highest BCUT2D eigenvalue weighted by atomic mass is 32.1. The minimum atomic E-state index is -0.751. The molecule has 0 radical (unpaired) electrons. The molecule has 8 nitrogen and oxygen atoms in total. The Balaban J connectivity index is 1.95. The summed E-state index contributed by atoms with van der Waals surface area (Å²) in [6, 6.07) is 12.4. The summed E-state index contributed by atoms with van der Waals surface area (Å²) in [7, 11) is 0. The van der Waals surface area contributed by atoms with Gasteiger partial charge in [0, 0.05) is 11.6 Å². The maximum atomic E-state index is 12.0. The Kier molecular flexibility index (Phi) is 5.75. The Hall–Kier alpha value is -3.33. The van der Waals surface area contributed by atoms with Crippen molar-refractivity contribution in [2.45, 2.75) is 6.92 Å². The molecule has 0 aliphatic rings. The summed E-state index contributed by atoms with van der Waals surface area (Å²) in [5, 5.41) is 13.2. The lowest BCUT2D eigenvalue weighted by Gasteiger charge is -2.11. The van der Waals surface area contributed by atoms with Crippen molar-refractivity contribution >= 4 is 34.8 Å². The van der Waals surface area contributed by atoms with Crippen molar-refractivity contribution < 1.29 is 14.5 Å². The smallest absolute Gasteiger partial charge is 0.282 e. The number of carbonyl (C=O) groups is 2. The van der Waals surface area contributed by atoms with Gasteiger partial charge in [-0.3, -0.25) is 35.9 Å². The van der Waals surface area contributed by atoms with Gasteiger partial charge in [0.2, 0.25) is 0 Å². The molecule has 0 unspecified atom stereocenters. The van der Waals surface area contributed by atoms with Gasteiger partial charge in [0.15, 0.2) is 5.11 Å². The molecule has 0 bridgehead atoms. The normalized spacial score (nSPS) is 9.80. The lowest BCUT2D eigenvalue weighted by Crippen LogP contribution is -2.48. The minimum absolute atomic E-state index is 0.132. The predicted octanol–water partition coefficient (Wildman–Crippen LogP) is 1.85. The number of carbonyl (C=O) groups excluding carboxylic acids is 2. The van der Waals surface area contributed by atoms with Gasteiger partial charge in [-0.2, -0.15) is 0 Å². The Morgan fingerprint density at radius 3 is 2.44 bits per heavy atom. The first-order valence-corrected chi connectivity index (χ1v) is 7.51. The summed E-state index contributed by atoms with van der Waals surface area (Å²) in [5.41, 5.74) is 5.41. The summed E-state index contributed by atoms with van der Waals surface area (Å²) in [4.78, 5) is 34.3. The summed E-state index contributed by atoms with van der Waals surface area (Å²) < 4.78 is 0. The quantitative estimate of drug-likeness (QED) is 0.438. The number of nitro groups is 1. The number of amides is 2. The van der Waals surface area contributed by atoms with Gasteiger partial charge in [0.05, 0.1) is 4.92 Å². The van der Waals surface area contributed by atoms with Gasteiger partial charge in [-0.05, 0) is 37.3 Å². The van der Waals surface area contributed by atoms with Gasteiger partial charge in [0.1, 0.15) is 5.56 Å². The van der Waals surface area contributed by atoms with Gasteiger partial charge in [-0.15, -0.1) is 0 Å². The number of aryl methyl sites for hydroxylation is 1. The van der Waals surface area contributed by atoms with Crippen LogP contribution in [0, 0.1) is 17.0 Å². The standard InChI is InChI=1S/C16H14N4O4S/c1-10-5-4-6-11(9-10)14(21)17-16(25)19-18-15(22)12-7-2-3-8-13(12)20(23)24/h2-9H,1H3,(H,18,22)(H2,17,19,21,25). The van der Waals surface area contributed by atoms with Crippen molar-refractivity contribution in [3.8, 4) is 0 Å². The zero-order valence-electron chi connectivity index (χ0n) is 13.1. The monoisotopic (exact) mass is 358 g/mol. The molecule has 2 aromatic carbocycles. The molecule has 0 atom stereocenters. The van der Waals surface area contributed by atoms with Crippen LogP contribution >= 0.6 is 12.2 Å². The molecule has 0 saturated carbocycles. The summed E-state index contributed by atoms with van der Waals surface area (Å²) in [6.07, 6.45) is 0. The van der Waals surface area contributed by atoms with E-state index in [2.05, 4.69) is 16.2 Å². The maximum Gasteiger partial charge on any atom is 0.282 e. The molecule has 0 heterocycles. The average molecular weight is 358 g/mol. The topological polar surface area (TPSA) is 113 Å². The molecule has 0 aliphatic carbocycles. The molecule has 3 N–H and O–H groups in total. The number of para-hydroxylation sites is 1. The molecule has 0 aliphatic heterocycles. The predicted molar refractivity (Wildman–Crippen MR) is 94.9 cm³/mol. The van der Waals surface area contributed by atoms with Crippen LogP contribution in [0.5, 0.6) is 0 Å². The molecule has 9 heteroatoms. The number of benzene rings is 2. The molecular formula is C16H14N4O4S. The van der Waals surface area contributed by atoms with Crippen LogP contribution < -0.4 is 16.2 Å². The Labute approximate surface area is 148 Å². The van der Waals surface area contributed by atoms with Crippen molar-refractivity contribution in [3.05, 3.63) is 75.3 Å². The van der Waals surface area contributed by atoms with Gasteiger partial charge in [-0.1, -0.05) is 29.8 Å². The maximum absolute atomic E-state index is 12.0. The molecule has 25 heavy (non-hydrogen) atoms. The third-order valence-corrected chi connectivity index (χ3v) is 3.35. The number of nitrogens with one attached hydrogen (secondary N) is 3. The van der Waals surface area contributed by atoms with Crippen LogP contribution in [-0.4, -0.2) is 21.9 Å². The second-order valence-electron chi connectivity index (χ2n) is 5.01. The van der Waals surface area contributed by atoms with E-state index in [0.717, 1.165) is 5.56 Å². The fourth-order valence-electron chi connectivity index (χ4n) is 2.00. The zero-order chi connectivity index (χ0) is 18.4. The highest BCUT2D eigenvalue weighted by Gasteiger charge is 2.19. The average Bonchev–Trinajstić information content (AvgIpc) is 2.59. The molecule has 0 aromatic heterocycles. The van der Waals surface area contributed by atoms with E-state index in [-0.39, 0.29) is 16.4 Å². The van der Waals surface area contributed by atoms with Crippen LogP contribution in [0.15, 0.2) is 48.5 Å². The highest BCUT2D eigenvalue weighted by molar-refractivity contribution is 7.80. The van der Waals surface area contributed by atoms with E-state index in [4.69, 9.17) is 12.2 Å². The van der Waals surface area contributed by atoms with Gasteiger partial charge in [-0.25, -0.2) is 0 Å². The molecule has 0 saturated heterocycles. The van der Waals surface area contributed by atoms with Gasteiger partial charge < -0.3 is 0 Å². The van der Waals surface area contributed by atoms with Crippen LogP contribution in [0.1, 0.15) is 26.3 Å².